The highest BCUT2D eigenvalue weighted by molar-refractivity contribution is 7.00. The number of benzene rings is 2. The number of aryl methyl sites for hydroxylation is 1. The van der Waals surface area contributed by atoms with Crippen molar-refractivity contribution < 1.29 is 19.1 Å². The van der Waals surface area contributed by atoms with E-state index in [0.29, 0.717) is 22.3 Å². The van der Waals surface area contributed by atoms with Crippen LogP contribution in [0.3, 0.4) is 0 Å². The third-order valence-electron chi connectivity index (χ3n) is 3.60. The normalized spacial score (nSPS) is 10.4. The number of carbonyl (C=O) groups excluding carboxylic acids is 3. The topological polar surface area (TPSA) is 110 Å². The second-order valence-electron chi connectivity index (χ2n) is 5.70. The molecule has 0 spiro atoms. The average molecular weight is 384 g/mol. The molecule has 0 saturated heterocycles. The molecule has 0 radical (unpaired) electrons. The molecule has 3 aromatic rings. The summed E-state index contributed by atoms with van der Waals surface area (Å²) in [7, 11) is 0. The number of aromatic nitrogens is 2. The smallest absolute Gasteiger partial charge is 0.325 e. The molecule has 0 fully saturated rings. The van der Waals surface area contributed by atoms with Gasteiger partial charge in [-0.05, 0) is 31.2 Å². The van der Waals surface area contributed by atoms with Crippen LogP contribution in [-0.4, -0.2) is 39.7 Å². The molecule has 138 valence electrons. The lowest BCUT2D eigenvalue weighted by molar-refractivity contribution is -0.146. The lowest BCUT2D eigenvalue weighted by atomic mass is 10.1. The first-order valence-corrected chi connectivity index (χ1v) is 8.77. The fraction of sp³-hybridized carbons (Fsp3) is 0.167. The summed E-state index contributed by atoms with van der Waals surface area (Å²) < 4.78 is 13.1. The highest BCUT2D eigenvalue weighted by Gasteiger charge is 2.12. The van der Waals surface area contributed by atoms with E-state index < -0.39 is 18.5 Å². The van der Waals surface area contributed by atoms with Gasteiger partial charge in [-0.25, -0.2) is 0 Å². The fourth-order valence-electron chi connectivity index (χ4n) is 2.33. The summed E-state index contributed by atoms with van der Waals surface area (Å²) >= 11 is 1.04. The Morgan fingerprint density at radius 2 is 1.93 bits per heavy atom. The van der Waals surface area contributed by atoms with Crippen LogP contribution in [0.25, 0.3) is 11.0 Å². The standard InChI is InChI=1S/C18H16N4O4S/c1-11-4-2-5-12(8-11)18(25)19-9-16(24)26-10-15(23)20-13-6-3-7-14-17(13)22-27-21-14/h2-8H,9-10H2,1H3,(H,19,25)(H,20,23). The van der Waals surface area contributed by atoms with E-state index in [1.165, 1.54) is 0 Å². The summed E-state index contributed by atoms with van der Waals surface area (Å²) in [6.07, 6.45) is 0. The Kier molecular flexibility index (Phi) is 5.72. The summed E-state index contributed by atoms with van der Waals surface area (Å²) in [5, 5.41) is 5.08. The summed E-state index contributed by atoms with van der Waals surface area (Å²) in [5.41, 5.74) is 3.13. The molecule has 0 unspecified atom stereocenters. The molecule has 8 nitrogen and oxygen atoms in total. The van der Waals surface area contributed by atoms with Gasteiger partial charge in [0, 0.05) is 5.56 Å². The zero-order valence-electron chi connectivity index (χ0n) is 14.4. The van der Waals surface area contributed by atoms with Crippen LogP contribution in [0.1, 0.15) is 15.9 Å². The summed E-state index contributed by atoms with van der Waals surface area (Å²) in [5.74, 6) is -1.60. The van der Waals surface area contributed by atoms with Gasteiger partial charge in [0.15, 0.2) is 6.61 Å². The molecule has 9 heteroatoms. The number of nitrogens with zero attached hydrogens (tertiary/aromatic N) is 2. The van der Waals surface area contributed by atoms with E-state index in [1.807, 2.05) is 13.0 Å². The van der Waals surface area contributed by atoms with Gasteiger partial charge in [0.1, 0.15) is 17.6 Å². The largest absolute Gasteiger partial charge is 0.454 e. The van der Waals surface area contributed by atoms with E-state index in [1.54, 1.807) is 36.4 Å². The van der Waals surface area contributed by atoms with Crippen molar-refractivity contribution in [3.05, 3.63) is 53.6 Å². The predicted molar refractivity (Wildman–Crippen MR) is 101 cm³/mol. The van der Waals surface area contributed by atoms with Crippen LogP contribution in [0.2, 0.25) is 0 Å². The monoisotopic (exact) mass is 384 g/mol. The third-order valence-corrected chi connectivity index (χ3v) is 4.14. The number of rotatable bonds is 6. The Hall–Kier alpha value is -3.33. The maximum absolute atomic E-state index is 12.0. The molecule has 2 aromatic carbocycles. The highest BCUT2D eigenvalue weighted by Crippen LogP contribution is 2.20. The van der Waals surface area contributed by atoms with E-state index in [0.717, 1.165) is 17.3 Å². The number of anilines is 1. The number of hydrogen-bond acceptors (Lipinski definition) is 7. The van der Waals surface area contributed by atoms with Crippen LogP contribution < -0.4 is 10.6 Å². The van der Waals surface area contributed by atoms with Crippen molar-refractivity contribution in [2.75, 3.05) is 18.5 Å². The van der Waals surface area contributed by atoms with Crippen molar-refractivity contribution in [3.63, 3.8) is 0 Å². The fourth-order valence-corrected chi connectivity index (χ4v) is 2.88. The SMILES string of the molecule is Cc1cccc(C(=O)NCC(=O)OCC(=O)Nc2cccc3nsnc23)c1. The minimum atomic E-state index is -0.709. The molecule has 1 heterocycles. The number of esters is 1. The Bertz CT molecular complexity index is 1000. The van der Waals surface area contributed by atoms with Crippen molar-refractivity contribution in [3.8, 4) is 0 Å². The number of amides is 2. The molecular weight excluding hydrogens is 368 g/mol. The zero-order valence-corrected chi connectivity index (χ0v) is 15.2. The van der Waals surface area contributed by atoms with E-state index in [-0.39, 0.29) is 12.5 Å². The van der Waals surface area contributed by atoms with Gasteiger partial charge < -0.3 is 15.4 Å². The minimum absolute atomic E-state index is 0.328. The van der Waals surface area contributed by atoms with Crippen molar-refractivity contribution in [1.82, 2.24) is 14.1 Å². The molecule has 2 N–H and O–H groups in total. The van der Waals surface area contributed by atoms with Crippen LogP contribution in [-0.2, 0) is 14.3 Å². The number of carbonyl (C=O) groups is 3. The van der Waals surface area contributed by atoms with Crippen LogP contribution >= 0.6 is 11.7 Å². The first kappa shape index (κ1) is 18.5. The molecule has 1 aromatic heterocycles. The third kappa shape index (κ3) is 4.85. The van der Waals surface area contributed by atoms with Gasteiger partial charge in [-0.1, -0.05) is 23.8 Å². The predicted octanol–water partition coefficient (Wildman–Crippen LogP) is 1.91. The highest BCUT2D eigenvalue weighted by atomic mass is 32.1. The molecular formula is C18H16N4O4S. The zero-order chi connectivity index (χ0) is 19.2. The molecule has 3 rings (SSSR count). The first-order chi connectivity index (χ1) is 13.0. The van der Waals surface area contributed by atoms with Gasteiger partial charge in [-0.3, -0.25) is 14.4 Å². The minimum Gasteiger partial charge on any atom is -0.454 e. The second kappa shape index (κ2) is 8.37. The molecule has 0 aliphatic carbocycles. The molecule has 27 heavy (non-hydrogen) atoms. The Labute approximate surface area is 158 Å². The van der Waals surface area contributed by atoms with Gasteiger partial charge in [0.05, 0.1) is 17.4 Å². The maximum Gasteiger partial charge on any atom is 0.325 e. The van der Waals surface area contributed by atoms with Crippen LogP contribution in [0.4, 0.5) is 5.69 Å². The lowest BCUT2D eigenvalue weighted by Crippen LogP contribution is -2.32. The van der Waals surface area contributed by atoms with E-state index >= 15 is 0 Å². The van der Waals surface area contributed by atoms with Gasteiger partial charge in [-0.2, -0.15) is 8.75 Å². The average Bonchev–Trinajstić information content (AvgIpc) is 3.14. The van der Waals surface area contributed by atoms with Gasteiger partial charge in [0.25, 0.3) is 11.8 Å². The van der Waals surface area contributed by atoms with Crippen LogP contribution in [0.15, 0.2) is 42.5 Å². The molecule has 0 aliphatic rings. The first-order valence-electron chi connectivity index (χ1n) is 8.04. The quantitative estimate of drug-likeness (QED) is 0.628. The molecule has 0 bridgehead atoms. The van der Waals surface area contributed by atoms with E-state index in [2.05, 4.69) is 19.4 Å². The molecule has 2 amide bonds. The molecule has 0 atom stereocenters. The summed E-state index contributed by atoms with van der Waals surface area (Å²) in [6.45, 7) is 1.07. The summed E-state index contributed by atoms with van der Waals surface area (Å²) in [6, 6.07) is 12.2. The number of ether oxygens (including phenoxy) is 1. The van der Waals surface area contributed by atoms with Crippen molar-refractivity contribution in [1.29, 1.82) is 0 Å². The van der Waals surface area contributed by atoms with Crippen LogP contribution in [0, 0.1) is 6.92 Å². The van der Waals surface area contributed by atoms with Gasteiger partial charge in [0.2, 0.25) is 0 Å². The number of fused-ring (bicyclic) bond motifs is 1. The Morgan fingerprint density at radius 3 is 2.74 bits per heavy atom. The summed E-state index contributed by atoms with van der Waals surface area (Å²) in [4.78, 5) is 35.7. The Balaban J connectivity index is 1.45. The molecule has 0 aliphatic heterocycles. The second-order valence-corrected chi connectivity index (χ2v) is 6.23. The van der Waals surface area contributed by atoms with Crippen molar-refractivity contribution in [2.45, 2.75) is 6.92 Å². The number of hydrogen-bond donors (Lipinski definition) is 2. The number of nitrogens with one attached hydrogen (secondary N) is 2. The van der Waals surface area contributed by atoms with Crippen molar-refractivity contribution >= 4 is 46.2 Å². The van der Waals surface area contributed by atoms with Gasteiger partial charge in [-0.15, -0.1) is 0 Å². The van der Waals surface area contributed by atoms with Crippen LogP contribution in [0.5, 0.6) is 0 Å². The maximum atomic E-state index is 12.0. The van der Waals surface area contributed by atoms with Gasteiger partial charge >= 0.3 is 5.97 Å². The van der Waals surface area contributed by atoms with E-state index in [9.17, 15) is 14.4 Å². The van der Waals surface area contributed by atoms with Crippen molar-refractivity contribution in [2.24, 2.45) is 0 Å². The lowest BCUT2D eigenvalue weighted by Gasteiger charge is -2.08. The Morgan fingerprint density at radius 1 is 1.11 bits per heavy atom. The van der Waals surface area contributed by atoms with E-state index in [4.69, 9.17) is 4.74 Å². The molecule has 0 saturated carbocycles.